The first-order chi connectivity index (χ1) is 12.1. The van der Waals surface area contributed by atoms with Crippen molar-refractivity contribution in [2.45, 2.75) is 17.6 Å². The fourth-order valence-corrected chi connectivity index (χ4v) is 2.73. The molecule has 0 aliphatic rings. The van der Waals surface area contributed by atoms with Crippen molar-refractivity contribution in [2.24, 2.45) is 0 Å². The van der Waals surface area contributed by atoms with Gasteiger partial charge in [0.05, 0.1) is 17.9 Å². The van der Waals surface area contributed by atoms with E-state index in [0.717, 1.165) is 0 Å². The maximum absolute atomic E-state index is 12.2. The molecule has 0 aliphatic carbocycles. The van der Waals surface area contributed by atoms with Crippen molar-refractivity contribution < 1.29 is 23.6 Å². The van der Waals surface area contributed by atoms with Gasteiger partial charge >= 0.3 is 5.97 Å². The van der Waals surface area contributed by atoms with Crippen LogP contribution < -0.4 is 5.32 Å². The van der Waals surface area contributed by atoms with E-state index >= 15 is 0 Å². The molecule has 1 aromatic heterocycles. The first-order valence-corrected chi connectivity index (χ1v) is 8.52. The molecular formula is C16H19N3O5S. The Balaban J connectivity index is 1.89. The van der Waals surface area contributed by atoms with Crippen LogP contribution in [0.3, 0.4) is 0 Å². The van der Waals surface area contributed by atoms with Crippen molar-refractivity contribution in [1.82, 2.24) is 15.5 Å². The molecule has 0 spiro atoms. The summed E-state index contributed by atoms with van der Waals surface area (Å²) in [4.78, 5) is 28.6. The van der Waals surface area contributed by atoms with E-state index in [4.69, 9.17) is 14.0 Å². The van der Waals surface area contributed by atoms with Gasteiger partial charge in [0, 0.05) is 18.6 Å². The van der Waals surface area contributed by atoms with E-state index in [9.17, 15) is 9.59 Å². The highest BCUT2D eigenvalue weighted by molar-refractivity contribution is 7.98. The van der Waals surface area contributed by atoms with Crippen LogP contribution >= 0.6 is 11.8 Å². The highest BCUT2D eigenvalue weighted by Gasteiger charge is 2.15. The molecule has 8 nitrogen and oxygen atoms in total. The van der Waals surface area contributed by atoms with E-state index in [1.165, 1.54) is 18.9 Å². The summed E-state index contributed by atoms with van der Waals surface area (Å²) in [5, 5.41) is 6.30. The molecule has 0 aliphatic heterocycles. The fourth-order valence-electron chi connectivity index (χ4n) is 1.85. The molecule has 1 amide bonds. The molecule has 2 aromatic rings. The SMILES string of the molecule is COCCNC(=O)COC(=O)c1ccccc1SCc1nc(C)no1. The van der Waals surface area contributed by atoms with Gasteiger partial charge in [-0.25, -0.2) is 4.79 Å². The summed E-state index contributed by atoms with van der Waals surface area (Å²) in [7, 11) is 1.54. The lowest BCUT2D eigenvalue weighted by atomic mass is 10.2. The number of thioether (sulfide) groups is 1. The zero-order chi connectivity index (χ0) is 18.1. The second-order valence-corrected chi connectivity index (χ2v) is 5.96. The summed E-state index contributed by atoms with van der Waals surface area (Å²) in [6.07, 6.45) is 0. The lowest BCUT2D eigenvalue weighted by Gasteiger charge is -2.09. The molecule has 1 N–H and O–H groups in total. The predicted octanol–water partition coefficient (Wildman–Crippen LogP) is 1.59. The van der Waals surface area contributed by atoms with Crippen LogP contribution in [0.2, 0.25) is 0 Å². The van der Waals surface area contributed by atoms with Crippen molar-refractivity contribution in [1.29, 1.82) is 0 Å². The van der Waals surface area contributed by atoms with Gasteiger partial charge in [-0.2, -0.15) is 4.98 Å². The minimum Gasteiger partial charge on any atom is -0.452 e. The summed E-state index contributed by atoms with van der Waals surface area (Å²) in [5.41, 5.74) is 0.383. The number of methoxy groups -OCH3 is 1. The van der Waals surface area contributed by atoms with Crippen LogP contribution in [0.5, 0.6) is 0 Å². The molecule has 0 fully saturated rings. The minimum absolute atomic E-state index is 0.343. The van der Waals surface area contributed by atoms with Crippen LogP contribution in [0.1, 0.15) is 22.1 Å². The Morgan fingerprint density at radius 3 is 2.84 bits per heavy atom. The number of ether oxygens (including phenoxy) is 2. The zero-order valence-corrected chi connectivity index (χ0v) is 14.8. The maximum Gasteiger partial charge on any atom is 0.339 e. The van der Waals surface area contributed by atoms with Gasteiger partial charge in [0.25, 0.3) is 5.91 Å². The number of aryl methyl sites for hydroxylation is 1. The molecule has 2 rings (SSSR count). The van der Waals surface area contributed by atoms with Crippen LogP contribution in [0, 0.1) is 6.92 Å². The van der Waals surface area contributed by atoms with Gasteiger partial charge < -0.3 is 19.3 Å². The number of benzene rings is 1. The number of nitrogens with zero attached hydrogens (tertiary/aromatic N) is 2. The van der Waals surface area contributed by atoms with Crippen molar-refractivity contribution in [3.63, 3.8) is 0 Å². The lowest BCUT2D eigenvalue weighted by molar-refractivity contribution is -0.124. The maximum atomic E-state index is 12.2. The predicted molar refractivity (Wildman–Crippen MR) is 90.2 cm³/mol. The molecule has 0 saturated carbocycles. The van der Waals surface area contributed by atoms with Crippen LogP contribution in [-0.4, -0.2) is 48.9 Å². The number of hydrogen-bond donors (Lipinski definition) is 1. The van der Waals surface area contributed by atoms with Gasteiger partial charge in [-0.1, -0.05) is 17.3 Å². The van der Waals surface area contributed by atoms with Crippen molar-refractivity contribution >= 4 is 23.6 Å². The fraction of sp³-hybridized carbons (Fsp3) is 0.375. The molecule has 0 radical (unpaired) electrons. The summed E-state index contributed by atoms with van der Waals surface area (Å²) < 4.78 is 14.9. The van der Waals surface area contributed by atoms with Crippen LogP contribution in [-0.2, 0) is 20.0 Å². The Morgan fingerprint density at radius 2 is 2.12 bits per heavy atom. The molecule has 0 atom stereocenters. The van der Waals surface area contributed by atoms with Gasteiger partial charge in [0.1, 0.15) is 0 Å². The minimum atomic E-state index is -0.563. The number of rotatable bonds is 9. The molecule has 1 heterocycles. The van der Waals surface area contributed by atoms with E-state index in [1.54, 1.807) is 25.1 Å². The normalized spacial score (nSPS) is 10.5. The van der Waals surface area contributed by atoms with Crippen LogP contribution in [0.15, 0.2) is 33.7 Å². The van der Waals surface area contributed by atoms with E-state index in [0.29, 0.717) is 41.1 Å². The summed E-state index contributed by atoms with van der Waals surface area (Å²) >= 11 is 1.38. The molecule has 134 valence electrons. The molecule has 0 saturated heterocycles. The number of hydrogen-bond acceptors (Lipinski definition) is 8. The van der Waals surface area contributed by atoms with Gasteiger partial charge in [-0.15, -0.1) is 11.8 Å². The molecule has 25 heavy (non-hydrogen) atoms. The summed E-state index contributed by atoms with van der Waals surface area (Å²) in [5.74, 6) is 0.525. The molecule has 0 bridgehead atoms. The van der Waals surface area contributed by atoms with Gasteiger partial charge in [-0.05, 0) is 19.1 Å². The molecule has 0 unspecified atom stereocenters. The van der Waals surface area contributed by atoms with Gasteiger partial charge in [0.2, 0.25) is 5.89 Å². The Labute approximate surface area is 149 Å². The first kappa shape index (κ1) is 18.9. The largest absolute Gasteiger partial charge is 0.452 e. The van der Waals surface area contributed by atoms with Gasteiger partial charge in [0.15, 0.2) is 12.4 Å². The van der Waals surface area contributed by atoms with Crippen molar-refractivity contribution in [3.8, 4) is 0 Å². The van der Waals surface area contributed by atoms with Crippen LogP contribution in [0.25, 0.3) is 0 Å². The Bertz CT molecular complexity index is 719. The summed E-state index contributed by atoms with van der Waals surface area (Å²) in [6.45, 7) is 2.16. The van der Waals surface area contributed by atoms with Crippen LogP contribution in [0.4, 0.5) is 0 Å². The quantitative estimate of drug-likeness (QED) is 0.406. The lowest BCUT2D eigenvalue weighted by Crippen LogP contribution is -2.31. The Morgan fingerprint density at radius 1 is 1.32 bits per heavy atom. The van der Waals surface area contributed by atoms with E-state index in [-0.39, 0.29) is 12.5 Å². The highest BCUT2D eigenvalue weighted by Crippen LogP contribution is 2.26. The van der Waals surface area contributed by atoms with Gasteiger partial charge in [-0.3, -0.25) is 4.79 Å². The Hall–Kier alpha value is -2.39. The number of esters is 1. The third kappa shape index (κ3) is 6.20. The average molecular weight is 365 g/mol. The topological polar surface area (TPSA) is 104 Å². The van der Waals surface area contributed by atoms with E-state index in [1.807, 2.05) is 6.07 Å². The van der Waals surface area contributed by atoms with E-state index in [2.05, 4.69) is 15.5 Å². The monoisotopic (exact) mass is 365 g/mol. The third-order valence-electron chi connectivity index (χ3n) is 2.99. The number of carbonyl (C=O) groups is 2. The Kier molecular flexibility index (Phi) is 7.42. The summed E-state index contributed by atoms with van der Waals surface area (Å²) in [6, 6.07) is 6.99. The number of aromatic nitrogens is 2. The second kappa shape index (κ2) is 9.80. The van der Waals surface area contributed by atoms with Crippen molar-refractivity contribution in [2.75, 3.05) is 26.9 Å². The molecule has 1 aromatic carbocycles. The average Bonchev–Trinajstić information content (AvgIpc) is 3.04. The number of nitrogens with one attached hydrogen (secondary N) is 1. The standard InChI is InChI=1S/C16H19N3O5S/c1-11-18-15(24-19-11)10-25-13-6-4-3-5-12(13)16(21)23-9-14(20)17-7-8-22-2/h3-6H,7-10H2,1-2H3,(H,17,20). The second-order valence-electron chi connectivity index (χ2n) is 4.94. The van der Waals surface area contributed by atoms with Crippen molar-refractivity contribution in [3.05, 3.63) is 41.5 Å². The first-order valence-electron chi connectivity index (χ1n) is 7.54. The number of carbonyl (C=O) groups excluding carboxylic acids is 2. The van der Waals surface area contributed by atoms with E-state index < -0.39 is 5.97 Å². The number of amides is 1. The third-order valence-corrected chi connectivity index (χ3v) is 4.05. The molecular weight excluding hydrogens is 346 g/mol. The smallest absolute Gasteiger partial charge is 0.339 e. The zero-order valence-electron chi connectivity index (χ0n) is 14.0. The molecule has 9 heteroatoms. The highest BCUT2D eigenvalue weighted by atomic mass is 32.2.